The summed E-state index contributed by atoms with van der Waals surface area (Å²) in [7, 11) is 0. The van der Waals surface area contributed by atoms with Gasteiger partial charge in [-0.15, -0.1) is 0 Å². The van der Waals surface area contributed by atoms with E-state index in [1.54, 1.807) is 0 Å². The van der Waals surface area contributed by atoms with E-state index in [1.807, 2.05) is 24.3 Å². The van der Waals surface area contributed by atoms with Crippen LogP contribution in [0.1, 0.15) is 24.8 Å². The van der Waals surface area contributed by atoms with Gasteiger partial charge in [0.15, 0.2) is 0 Å². The number of halogens is 1. The fourth-order valence-electron chi connectivity index (χ4n) is 2.59. The Kier molecular flexibility index (Phi) is 4.78. The minimum absolute atomic E-state index is 0.0774. The summed E-state index contributed by atoms with van der Waals surface area (Å²) < 4.78 is 6.56. The van der Waals surface area contributed by atoms with E-state index in [4.69, 9.17) is 4.74 Å². The van der Waals surface area contributed by atoms with Crippen LogP contribution in [0.2, 0.25) is 0 Å². The normalized spacial score (nSPS) is 20.3. The minimum atomic E-state index is -0.630. The number of benzene rings is 1. The number of hydrogen-bond acceptors (Lipinski definition) is 3. The van der Waals surface area contributed by atoms with Crippen LogP contribution in [0.15, 0.2) is 28.7 Å². The Bertz CT molecular complexity index is 384. The molecule has 1 aromatic rings. The van der Waals surface area contributed by atoms with E-state index in [0.717, 1.165) is 29.5 Å². The Labute approximate surface area is 116 Å². The van der Waals surface area contributed by atoms with Gasteiger partial charge < -0.3 is 14.9 Å². The van der Waals surface area contributed by atoms with E-state index in [9.17, 15) is 10.2 Å². The van der Waals surface area contributed by atoms with E-state index in [-0.39, 0.29) is 19.3 Å². The van der Waals surface area contributed by atoms with E-state index in [0.29, 0.717) is 6.42 Å². The van der Waals surface area contributed by atoms with Crippen LogP contribution in [0.5, 0.6) is 0 Å². The van der Waals surface area contributed by atoms with Crippen molar-refractivity contribution in [2.45, 2.75) is 30.8 Å². The van der Waals surface area contributed by atoms with Crippen molar-refractivity contribution < 1.29 is 14.9 Å². The van der Waals surface area contributed by atoms with Crippen molar-refractivity contribution in [1.29, 1.82) is 0 Å². The Morgan fingerprint density at radius 2 is 2.00 bits per heavy atom. The average molecular weight is 315 g/mol. The van der Waals surface area contributed by atoms with E-state index in [2.05, 4.69) is 15.9 Å². The molecule has 3 nitrogen and oxygen atoms in total. The topological polar surface area (TPSA) is 49.7 Å². The fourth-order valence-corrected chi connectivity index (χ4v) is 3.30. The molecule has 1 unspecified atom stereocenters. The van der Waals surface area contributed by atoms with Crippen LogP contribution < -0.4 is 0 Å². The Balaban J connectivity index is 2.27. The van der Waals surface area contributed by atoms with Gasteiger partial charge in [-0.3, -0.25) is 0 Å². The molecule has 2 N–H and O–H groups in total. The van der Waals surface area contributed by atoms with Crippen molar-refractivity contribution in [1.82, 2.24) is 0 Å². The molecule has 0 bridgehead atoms. The van der Waals surface area contributed by atoms with Gasteiger partial charge in [-0.25, -0.2) is 0 Å². The summed E-state index contributed by atoms with van der Waals surface area (Å²) in [6.45, 7) is 0.630. The molecule has 1 atom stereocenters. The molecule has 1 saturated heterocycles. The zero-order valence-corrected chi connectivity index (χ0v) is 11.9. The highest BCUT2D eigenvalue weighted by molar-refractivity contribution is 9.10. The lowest BCUT2D eigenvalue weighted by Crippen LogP contribution is -2.38. The summed E-state index contributed by atoms with van der Waals surface area (Å²) in [4.78, 5) is 0. The first-order valence-electron chi connectivity index (χ1n) is 6.30. The first-order valence-corrected chi connectivity index (χ1v) is 7.09. The molecule has 0 radical (unpaired) electrons. The molecule has 1 aromatic carbocycles. The van der Waals surface area contributed by atoms with Crippen LogP contribution in [0.4, 0.5) is 0 Å². The highest BCUT2D eigenvalue weighted by atomic mass is 79.9. The van der Waals surface area contributed by atoms with Crippen LogP contribution in [-0.4, -0.2) is 36.1 Å². The van der Waals surface area contributed by atoms with Crippen LogP contribution in [0.3, 0.4) is 0 Å². The molecule has 18 heavy (non-hydrogen) atoms. The number of hydrogen-bond donors (Lipinski definition) is 2. The van der Waals surface area contributed by atoms with Gasteiger partial charge in [0.05, 0.1) is 19.3 Å². The molecule has 4 heteroatoms. The van der Waals surface area contributed by atoms with E-state index in [1.165, 1.54) is 0 Å². The molecule has 1 heterocycles. The first-order chi connectivity index (χ1) is 8.72. The quantitative estimate of drug-likeness (QED) is 0.876. The maximum Gasteiger partial charge on any atom is 0.0586 e. The largest absolute Gasteiger partial charge is 0.395 e. The number of rotatable bonds is 5. The third kappa shape index (κ3) is 2.77. The molecule has 0 aliphatic carbocycles. The average Bonchev–Trinajstić information content (AvgIpc) is 2.90. The number of ether oxygens (including phenoxy) is 1. The molecular weight excluding hydrogens is 296 g/mol. The smallest absolute Gasteiger partial charge is 0.0586 e. The molecule has 1 aliphatic heterocycles. The van der Waals surface area contributed by atoms with Gasteiger partial charge in [-0.2, -0.15) is 0 Å². The van der Waals surface area contributed by atoms with Crippen LogP contribution in [-0.2, 0) is 10.2 Å². The van der Waals surface area contributed by atoms with E-state index < -0.39 is 5.41 Å². The van der Waals surface area contributed by atoms with Gasteiger partial charge >= 0.3 is 0 Å². The second-order valence-electron chi connectivity index (χ2n) is 4.92. The SMILES string of the molecule is OCC(CO)(CC1CCCO1)c1ccccc1Br. The zero-order valence-electron chi connectivity index (χ0n) is 10.3. The summed E-state index contributed by atoms with van der Waals surface area (Å²) in [5.74, 6) is 0. The molecule has 0 spiro atoms. The number of aliphatic hydroxyl groups excluding tert-OH is 2. The summed E-state index contributed by atoms with van der Waals surface area (Å²) in [6.07, 6.45) is 2.86. The van der Waals surface area contributed by atoms with Gasteiger partial charge in [0.2, 0.25) is 0 Å². The van der Waals surface area contributed by atoms with Gasteiger partial charge in [0, 0.05) is 16.5 Å². The van der Waals surface area contributed by atoms with Gasteiger partial charge in [0.1, 0.15) is 0 Å². The minimum Gasteiger partial charge on any atom is -0.395 e. The molecule has 0 saturated carbocycles. The van der Waals surface area contributed by atoms with Crippen molar-refractivity contribution in [3.8, 4) is 0 Å². The standard InChI is InChI=1S/C14H19BrO3/c15-13-6-2-1-5-12(13)14(9-16,10-17)8-11-4-3-7-18-11/h1-2,5-6,11,16-17H,3-4,7-10H2. The predicted molar refractivity (Wildman–Crippen MR) is 73.6 cm³/mol. The predicted octanol–water partition coefficient (Wildman–Crippen LogP) is 2.24. The zero-order chi connectivity index (χ0) is 13.0. The van der Waals surface area contributed by atoms with Gasteiger partial charge in [-0.1, -0.05) is 34.1 Å². The van der Waals surface area contributed by atoms with E-state index >= 15 is 0 Å². The van der Waals surface area contributed by atoms with Crippen molar-refractivity contribution in [3.05, 3.63) is 34.3 Å². The lowest BCUT2D eigenvalue weighted by molar-refractivity contribution is 0.0386. The number of aliphatic hydroxyl groups is 2. The summed E-state index contributed by atoms with van der Waals surface area (Å²) >= 11 is 3.50. The van der Waals surface area contributed by atoms with Gasteiger partial charge in [0.25, 0.3) is 0 Å². The van der Waals surface area contributed by atoms with Crippen molar-refractivity contribution in [2.75, 3.05) is 19.8 Å². The second-order valence-corrected chi connectivity index (χ2v) is 5.77. The summed E-state index contributed by atoms with van der Waals surface area (Å²) in [6, 6.07) is 7.74. The molecule has 0 aromatic heterocycles. The highest BCUT2D eigenvalue weighted by Crippen LogP contribution is 2.36. The third-order valence-corrected chi connectivity index (χ3v) is 4.38. The summed E-state index contributed by atoms with van der Waals surface area (Å²) in [5, 5.41) is 19.6. The highest BCUT2D eigenvalue weighted by Gasteiger charge is 2.36. The Hall–Kier alpha value is -0.420. The fraction of sp³-hybridized carbons (Fsp3) is 0.571. The van der Waals surface area contributed by atoms with Crippen molar-refractivity contribution >= 4 is 15.9 Å². The lowest BCUT2D eigenvalue weighted by Gasteiger charge is -2.33. The maximum absolute atomic E-state index is 9.78. The lowest BCUT2D eigenvalue weighted by atomic mass is 9.77. The van der Waals surface area contributed by atoms with Gasteiger partial charge in [-0.05, 0) is 30.9 Å². The molecule has 1 aliphatic rings. The van der Waals surface area contributed by atoms with Crippen LogP contribution in [0.25, 0.3) is 0 Å². The molecule has 0 amide bonds. The molecular formula is C14H19BrO3. The molecule has 100 valence electrons. The molecule has 2 rings (SSSR count). The Morgan fingerprint density at radius 3 is 2.56 bits per heavy atom. The first kappa shape index (κ1) is 14.0. The second kappa shape index (κ2) is 6.15. The summed E-state index contributed by atoms with van der Waals surface area (Å²) in [5.41, 5.74) is 0.320. The monoisotopic (exact) mass is 314 g/mol. The van der Waals surface area contributed by atoms with Crippen molar-refractivity contribution in [3.63, 3.8) is 0 Å². The molecule has 1 fully saturated rings. The van der Waals surface area contributed by atoms with Crippen LogP contribution in [0, 0.1) is 0 Å². The van der Waals surface area contributed by atoms with Crippen LogP contribution >= 0.6 is 15.9 Å². The third-order valence-electron chi connectivity index (χ3n) is 3.69. The maximum atomic E-state index is 9.78. The Morgan fingerprint density at radius 1 is 1.28 bits per heavy atom. The van der Waals surface area contributed by atoms with Crippen molar-refractivity contribution in [2.24, 2.45) is 0 Å².